The number of anilines is 1. The topological polar surface area (TPSA) is 59.1 Å². The minimum atomic E-state index is -0.692. The highest BCUT2D eigenvalue weighted by Crippen LogP contribution is 2.13. The molecule has 4 nitrogen and oxygen atoms in total. The van der Waals surface area contributed by atoms with Crippen LogP contribution in [0.2, 0.25) is 0 Å². The van der Waals surface area contributed by atoms with Crippen molar-refractivity contribution in [3.05, 3.63) is 59.7 Å². The third-order valence-corrected chi connectivity index (χ3v) is 2.50. The van der Waals surface area contributed by atoms with E-state index in [0.717, 1.165) is 6.07 Å². The van der Waals surface area contributed by atoms with Crippen LogP contribution in [0.4, 0.5) is 10.1 Å². The van der Waals surface area contributed by atoms with Crippen LogP contribution < -0.4 is 5.32 Å². The zero-order valence-corrected chi connectivity index (χ0v) is 10.2. The van der Waals surface area contributed by atoms with Crippen molar-refractivity contribution < 1.29 is 14.0 Å². The molecule has 0 saturated heterocycles. The van der Waals surface area contributed by atoms with Crippen molar-refractivity contribution in [1.82, 2.24) is 4.98 Å². The number of aromatic nitrogens is 1. The van der Waals surface area contributed by atoms with Crippen LogP contribution in [0.15, 0.2) is 42.6 Å². The van der Waals surface area contributed by atoms with E-state index < -0.39 is 11.7 Å². The molecule has 0 saturated carbocycles. The van der Waals surface area contributed by atoms with E-state index in [1.165, 1.54) is 25.3 Å². The predicted molar refractivity (Wildman–Crippen MR) is 68.6 cm³/mol. The van der Waals surface area contributed by atoms with E-state index in [0.29, 0.717) is 11.3 Å². The summed E-state index contributed by atoms with van der Waals surface area (Å²) in [6.45, 7) is 1.43. The van der Waals surface area contributed by atoms with Crippen molar-refractivity contribution in [2.24, 2.45) is 0 Å². The van der Waals surface area contributed by atoms with Gasteiger partial charge in [-0.1, -0.05) is 12.1 Å². The monoisotopic (exact) mass is 258 g/mol. The first-order valence-corrected chi connectivity index (χ1v) is 5.61. The number of amides is 1. The molecule has 0 aliphatic carbocycles. The van der Waals surface area contributed by atoms with Gasteiger partial charge in [0.2, 0.25) is 0 Å². The molecule has 19 heavy (non-hydrogen) atoms. The second-order valence-corrected chi connectivity index (χ2v) is 3.92. The number of pyridine rings is 1. The fraction of sp³-hybridized carbons (Fsp3) is 0.0714. The van der Waals surface area contributed by atoms with Gasteiger partial charge < -0.3 is 5.32 Å². The third kappa shape index (κ3) is 3.01. The second kappa shape index (κ2) is 5.39. The number of halogens is 1. The lowest BCUT2D eigenvalue weighted by Gasteiger charge is -2.06. The first-order chi connectivity index (χ1) is 9.08. The highest BCUT2D eigenvalue weighted by atomic mass is 19.1. The fourth-order valence-electron chi connectivity index (χ4n) is 1.56. The van der Waals surface area contributed by atoms with Crippen LogP contribution in [-0.4, -0.2) is 16.7 Å². The van der Waals surface area contributed by atoms with Gasteiger partial charge in [-0.25, -0.2) is 9.37 Å². The molecule has 0 bridgehead atoms. The molecule has 0 spiro atoms. The van der Waals surface area contributed by atoms with Crippen molar-refractivity contribution in [2.75, 3.05) is 5.32 Å². The number of benzene rings is 1. The third-order valence-electron chi connectivity index (χ3n) is 2.50. The normalized spacial score (nSPS) is 10.0. The Morgan fingerprint density at radius 1 is 1.21 bits per heavy atom. The Morgan fingerprint density at radius 3 is 2.68 bits per heavy atom. The maximum absolute atomic E-state index is 13.4. The molecule has 0 fully saturated rings. The second-order valence-electron chi connectivity index (χ2n) is 3.92. The molecule has 1 heterocycles. The van der Waals surface area contributed by atoms with Crippen molar-refractivity contribution >= 4 is 17.4 Å². The number of carbonyl (C=O) groups is 2. The summed E-state index contributed by atoms with van der Waals surface area (Å²) in [7, 11) is 0. The van der Waals surface area contributed by atoms with Gasteiger partial charge in [-0.15, -0.1) is 0 Å². The summed E-state index contributed by atoms with van der Waals surface area (Å²) in [5.41, 5.74) is 0.609. The number of rotatable bonds is 3. The van der Waals surface area contributed by atoms with Crippen LogP contribution in [0.5, 0.6) is 0 Å². The molecule has 1 aromatic heterocycles. The molecule has 96 valence electrons. The molecule has 0 aliphatic heterocycles. The average molecular weight is 258 g/mol. The van der Waals surface area contributed by atoms with Gasteiger partial charge in [0.05, 0.1) is 0 Å². The van der Waals surface area contributed by atoms with Crippen molar-refractivity contribution in [3.8, 4) is 0 Å². The molecule has 0 aliphatic rings. The summed E-state index contributed by atoms with van der Waals surface area (Å²) < 4.78 is 13.4. The smallest absolute Gasteiger partial charge is 0.277 e. The standard InChI is InChI=1S/C14H11FN2O2/c1-9(18)10-4-2-5-11(8-10)17-14(19)13-12(15)6-3-7-16-13/h2-8H,1H3,(H,17,19). The van der Waals surface area contributed by atoms with Crippen LogP contribution >= 0.6 is 0 Å². The Balaban J connectivity index is 2.22. The summed E-state index contributed by atoms with van der Waals surface area (Å²) in [5, 5.41) is 2.50. The van der Waals surface area contributed by atoms with Gasteiger partial charge in [0.15, 0.2) is 17.3 Å². The molecule has 1 amide bonds. The number of carbonyl (C=O) groups excluding carboxylic acids is 2. The summed E-state index contributed by atoms with van der Waals surface area (Å²) in [4.78, 5) is 26.7. The van der Waals surface area contributed by atoms with Crippen LogP contribution in [-0.2, 0) is 0 Å². The Bertz CT molecular complexity index is 641. The molecule has 0 unspecified atom stereocenters. The highest BCUT2D eigenvalue weighted by molar-refractivity contribution is 6.04. The summed E-state index contributed by atoms with van der Waals surface area (Å²) in [6.07, 6.45) is 1.34. The van der Waals surface area contributed by atoms with Crippen LogP contribution in [0.1, 0.15) is 27.8 Å². The van der Waals surface area contributed by atoms with Gasteiger partial charge in [0, 0.05) is 17.4 Å². The lowest BCUT2D eigenvalue weighted by atomic mass is 10.1. The summed E-state index contributed by atoms with van der Waals surface area (Å²) >= 11 is 0. The zero-order valence-electron chi connectivity index (χ0n) is 10.2. The van der Waals surface area contributed by atoms with E-state index in [1.807, 2.05) is 0 Å². The first kappa shape index (κ1) is 12.9. The molecule has 2 rings (SSSR count). The van der Waals surface area contributed by atoms with Crippen LogP contribution in [0.25, 0.3) is 0 Å². The zero-order chi connectivity index (χ0) is 13.8. The van der Waals surface area contributed by atoms with Gasteiger partial charge >= 0.3 is 0 Å². The van der Waals surface area contributed by atoms with Gasteiger partial charge in [-0.2, -0.15) is 0 Å². The van der Waals surface area contributed by atoms with E-state index in [-0.39, 0.29) is 11.5 Å². The number of nitrogens with zero attached hydrogens (tertiary/aromatic N) is 1. The number of hydrogen-bond acceptors (Lipinski definition) is 3. The quantitative estimate of drug-likeness (QED) is 0.861. The first-order valence-electron chi connectivity index (χ1n) is 5.61. The van der Waals surface area contributed by atoms with Gasteiger partial charge in [0.25, 0.3) is 5.91 Å². The van der Waals surface area contributed by atoms with E-state index in [2.05, 4.69) is 10.3 Å². The SMILES string of the molecule is CC(=O)c1cccc(NC(=O)c2ncccc2F)c1. The van der Waals surface area contributed by atoms with E-state index in [4.69, 9.17) is 0 Å². The Morgan fingerprint density at radius 2 is 2.00 bits per heavy atom. The molecule has 5 heteroatoms. The minimum absolute atomic E-state index is 0.111. The number of hydrogen-bond donors (Lipinski definition) is 1. The summed E-state index contributed by atoms with van der Waals surface area (Å²) in [5.74, 6) is -1.46. The van der Waals surface area contributed by atoms with Crippen molar-refractivity contribution in [3.63, 3.8) is 0 Å². The predicted octanol–water partition coefficient (Wildman–Crippen LogP) is 2.68. The Labute approximate surface area is 109 Å². The molecule has 2 aromatic rings. The minimum Gasteiger partial charge on any atom is -0.321 e. The van der Waals surface area contributed by atoms with Crippen molar-refractivity contribution in [2.45, 2.75) is 6.92 Å². The molecule has 0 radical (unpaired) electrons. The Hall–Kier alpha value is -2.56. The molecular weight excluding hydrogens is 247 g/mol. The van der Waals surface area contributed by atoms with Crippen LogP contribution in [0.3, 0.4) is 0 Å². The largest absolute Gasteiger partial charge is 0.321 e. The number of ketones is 1. The Kier molecular flexibility index (Phi) is 3.66. The van der Waals surface area contributed by atoms with Gasteiger partial charge in [-0.05, 0) is 31.2 Å². The lowest BCUT2D eigenvalue weighted by Crippen LogP contribution is -2.15. The maximum Gasteiger partial charge on any atom is 0.277 e. The van der Waals surface area contributed by atoms with E-state index >= 15 is 0 Å². The highest BCUT2D eigenvalue weighted by Gasteiger charge is 2.13. The van der Waals surface area contributed by atoms with E-state index in [1.54, 1.807) is 18.2 Å². The number of nitrogens with one attached hydrogen (secondary N) is 1. The van der Waals surface area contributed by atoms with Gasteiger partial charge in [-0.3, -0.25) is 9.59 Å². The van der Waals surface area contributed by atoms with Crippen molar-refractivity contribution in [1.29, 1.82) is 0 Å². The molecule has 0 atom stereocenters. The summed E-state index contributed by atoms with van der Waals surface area (Å²) in [6, 6.07) is 8.99. The molecule has 1 N–H and O–H groups in total. The lowest BCUT2D eigenvalue weighted by molar-refractivity contribution is 0.100. The fourth-order valence-corrected chi connectivity index (χ4v) is 1.56. The van der Waals surface area contributed by atoms with Crippen LogP contribution in [0, 0.1) is 5.82 Å². The maximum atomic E-state index is 13.4. The average Bonchev–Trinajstić information content (AvgIpc) is 2.39. The molecule has 1 aromatic carbocycles. The number of Topliss-reactive ketones (excluding diaryl/α,β-unsaturated/α-hetero) is 1. The molecular formula is C14H11FN2O2. The van der Waals surface area contributed by atoms with Gasteiger partial charge in [0.1, 0.15) is 0 Å². The van der Waals surface area contributed by atoms with E-state index in [9.17, 15) is 14.0 Å².